The number of hydrogen-bond acceptors (Lipinski definition) is 4. The van der Waals surface area contributed by atoms with E-state index in [0.29, 0.717) is 5.82 Å². The SMILES string of the molecule is O=C1C[C@H](O)CN1c1ccc(O)c(Br)n1. The van der Waals surface area contributed by atoms with Gasteiger partial charge in [-0.2, -0.15) is 0 Å². The van der Waals surface area contributed by atoms with Gasteiger partial charge in [0, 0.05) is 0 Å². The van der Waals surface area contributed by atoms with Crippen LogP contribution >= 0.6 is 15.9 Å². The van der Waals surface area contributed by atoms with Crippen LogP contribution in [0.5, 0.6) is 5.75 Å². The smallest absolute Gasteiger partial charge is 0.230 e. The van der Waals surface area contributed by atoms with Gasteiger partial charge in [0.1, 0.15) is 16.2 Å². The highest BCUT2D eigenvalue weighted by Gasteiger charge is 2.30. The van der Waals surface area contributed by atoms with E-state index >= 15 is 0 Å². The molecule has 0 radical (unpaired) electrons. The van der Waals surface area contributed by atoms with Crippen LogP contribution in [-0.4, -0.2) is 33.8 Å². The summed E-state index contributed by atoms with van der Waals surface area (Å²) in [5.74, 6) is 0.291. The molecule has 1 saturated heterocycles. The van der Waals surface area contributed by atoms with E-state index in [2.05, 4.69) is 20.9 Å². The van der Waals surface area contributed by atoms with Gasteiger partial charge in [-0.05, 0) is 28.1 Å². The zero-order valence-corrected chi connectivity index (χ0v) is 9.31. The molecule has 15 heavy (non-hydrogen) atoms. The topological polar surface area (TPSA) is 73.7 Å². The van der Waals surface area contributed by atoms with Crippen LogP contribution in [0.4, 0.5) is 5.82 Å². The number of rotatable bonds is 1. The highest BCUT2D eigenvalue weighted by Crippen LogP contribution is 2.26. The number of aromatic nitrogens is 1. The number of aliphatic hydroxyl groups excluding tert-OH is 1. The first-order valence-electron chi connectivity index (χ1n) is 4.42. The Morgan fingerprint density at radius 2 is 2.27 bits per heavy atom. The van der Waals surface area contributed by atoms with Gasteiger partial charge in [0.05, 0.1) is 19.1 Å². The Bertz CT molecular complexity index is 410. The molecule has 2 N–H and O–H groups in total. The lowest BCUT2D eigenvalue weighted by Gasteiger charge is -2.14. The van der Waals surface area contributed by atoms with Crippen LogP contribution in [0.25, 0.3) is 0 Å². The van der Waals surface area contributed by atoms with Gasteiger partial charge < -0.3 is 10.2 Å². The molecule has 0 saturated carbocycles. The molecule has 1 atom stereocenters. The molecular formula is C9H9BrN2O3. The highest BCUT2D eigenvalue weighted by atomic mass is 79.9. The Morgan fingerprint density at radius 3 is 2.80 bits per heavy atom. The number of β-amino-alcohol motifs (C(OH)–C–C–N with tert-alkyl or cyclic N) is 1. The zero-order chi connectivity index (χ0) is 11.0. The quantitative estimate of drug-likeness (QED) is 0.737. The average molecular weight is 273 g/mol. The number of halogens is 1. The first-order chi connectivity index (χ1) is 7.08. The summed E-state index contributed by atoms with van der Waals surface area (Å²) in [6, 6.07) is 2.99. The number of aromatic hydroxyl groups is 1. The van der Waals surface area contributed by atoms with Crippen LogP contribution < -0.4 is 4.90 Å². The minimum absolute atomic E-state index is 0.0194. The van der Waals surface area contributed by atoms with Gasteiger partial charge in [0.15, 0.2) is 0 Å². The van der Waals surface area contributed by atoms with Crippen LogP contribution in [0.15, 0.2) is 16.7 Å². The van der Waals surface area contributed by atoms with E-state index in [4.69, 9.17) is 0 Å². The van der Waals surface area contributed by atoms with Gasteiger partial charge in [-0.25, -0.2) is 4.98 Å². The summed E-state index contributed by atoms with van der Waals surface area (Å²) in [7, 11) is 0. The van der Waals surface area contributed by atoms with Crippen LogP contribution in [-0.2, 0) is 4.79 Å². The average Bonchev–Trinajstić information content (AvgIpc) is 2.50. The number of amides is 1. The number of carbonyl (C=O) groups is 1. The third kappa shape index (κ3) is 1.95. The maximum atomic E-state index is 11.4. The predicted molar refractivity (Wildman–Crippen MR) is 56.6 cm³/mol. The summed E-state index contributed by atoms with van der Waals surface area (Å²) < 4.78 is 0.286. The number of anilines is 1. The minimum atomic E-state index is -0.633. The lowest BCUT2D eigenvalue weighted by molar-refractivity contribution is -0.117. The molecule has 2 rings (SSSR count). The fraction of sp³-hybridized carbons (Fsp3) is 0.333. The van der Waals surface area contributed by atoms with Gasteiger partial charge in [-0.3, -0.25) is 9.69 Å². The zero-order valence-electron chi connectivity index (χ0n) is 7.72. The molecule has 0 spiro atoms. The second-order valence-corrected chi connectivity index (χ2v) is 4.09. The number of pyridine rings is 1. The summed E-state index contributed by atoms with van der Waals surface area (Å²) in [4.78, 5) is 16.8. The molecule has 2 heterocycles. The van der Waals surface area contributed by atoms with E-state index in [1.54, 1.807) is 0 Å². The van der Waals surface area contributed by atoms with Crippen molar-refractivity contribution in [2.45, 2.75) is 12.5 Å². The van der Waals surface area contributed by atoms with E-state index in [-0.39, 0.29) is 29.2 Å². The van der Waals surface area contributed by atoms with E-state index in [1.165, 1.54) is 17.0 Å². The fourth-order valence-electron chi connectivity index (χ4n) is 1.48. The van der Waals surface area contributed by atoms with Gasteiger partial charge in [-0.1, -0.05) is 0 Å². The molecule has 6 heteroatoms. The number of hydrogen-bond donors (Lipinski definition) is 2. The predicted octanol–water partition coefficient (Wildman–Crippen LogP) is 0.647. The summed E-state index contributed by atoms with van der Waals surface area (Å²) in [5, 5.41) is 18.5. The van der Waals surface area contributed by atoms with Gasteiger partial charge >= 0.3 is 0 Å². The van der Waals surface area contributed by atoms with E-state index < -0.39 is 6.10 Å². The minimum Gasteiger partial charge on any atom is -0.505 e. The largest absolute Gasteiger partial charge is 0.505 e. The first kappa shape index (κ1) is 10.4. The molecule has 1 aliphatic heterocycles. The highest BCUT2D eigenvalue weighted by molar-refractivity contribution is 9.10. The van der Waals surface area contributed by atoms with Crippen molar-refractivity contribution in [1.82, 2.24) is 4.98 Å². The van der Waals surface area contributed by atoms with Crippen LogP contribution in [0.3, 0.4) is 0 Å². The molecule has 0 bridgehead atoms. The molecule has 0 unspecified atom stereocenters. The van der Waals surface area contributed by atoms with Gasteiger partial charge in [-0.15, -0.1) is 0 Å². The Hall–Kier alpha value is -1.14. The molecule has 1 fully saturated rings. The molecule has 0 aliphatic carbocycles. The van der Waals surface area contributed by atoms with Crippen molar-refractivity contribution in [2.75, 3.05) is 11.4 Å². The summed E-state index contributed by atoms with van der Waals surface area (Å²) in [6.45, 7) is 0.253. The maximum Gasteiger partial charge on any atom is 0.230 e. The van der Waals surface area contributed by atoms with Crippen molar-refractivity contribution in [2.24, 2.45) is 0 Å². The second kappa shape index (κ2) is 3.79. The second-order valence-electron chi connectivity index (χ2n) is 3.34. The van der Waals surface area contributed by atoms with Crippen LogP contribution in [0, 0.1) is 0 Å². The van der Waals surface area contributed by atoms with Gasteiger partial charge in [0.25, 0.3) is 0 Å². The van der Waals surface area contributed by atoms with Crippen molar-refractivity contribution < 1.29 is 15.0 Å². The number of nitrogens with zero attached hydrogens (tertiary/aromatic N) is 2. The summed E-state index contributed by atoms with van der Waals surface area (Å²) >= 11 is 3.07. The van der Waals surface area contributed by atoms with E-state index in [0.717, 1.165) is 0 Å². The monoisotopic (exact) mass is 272 g/mol. The van der Waals surface area contributed by atoms with Crippen molar-refractivity contribution in [3.8, 4) is 5.75 Å². The third-order valence-electron chi connectivity index (χ3n) is 2.20. The summed E-state index contributed by atoms with van der Waals surface area (Å²) in [5.41, 5.74) is 0. The molecule has 1 amide bonds. The molecular weight excluding hydrogens is 264 g/mol. The lowest BCUT2D eigenvalue weighted by Crippen LogP contribution is -2.26. The molecule has 5 nitrogen and oxygen atoms in total. The Morgan fingerprint density at radius 1 is 1.53 bits per heavy atom. The molecule has 80 valence electrons. The third-order valence-corrected chi connectivity index (χ3v) is 2.78. The Labute approximate surface area is 94.5 Å². The Kier molecular flexibility index (Phi) is 2.62. The van der Waals surface area contributed by atoms with Crippen molar-refractivity contribution in [3.05, 3.63) is 16.7 Å². The van der Waals surface area contributed by atoms with Crippen molar-refractivity contribution in [3.63, 3.8) is 0 Å². The molecule has 1 aromatic heterocycles. The van der Waals surface area contributed by atoms with Crippen molar-refractivity contribution >= 4 is 27.7 Å². The standard InChI is InChI=1S/C9H9BrN2O3/c10-9-6(14)1-2-7(11-9)12-4-5(13)3-8(12)15/h1-2,5,13-14H,3-4H2/t5-/m0/s1. The molecule has 0 aromatic carbocycles. The first-order valence-corrected chi connectivity index (χ1v) is 5.21. The molecule has 1 aliphatic rings. The number of carbonyl (C=O) groups excluding carboxylic acids is 1. The fourth-order valence-corrected chi connectivity index (χ4v) is 1.79. The van der Waals surface area contributed by atoms with Crippen molar-refractivity contribution in [1.29, 1.82) is 0 Å². The Balaban J connectivity index is 2.30. The molecule has 1 aromatic rings. The number of aliphatic hydroxyl groups is 1. The maximum absolute atomic E-state index is 11.4. The lowest BCUT2D eigenvalue weighted by atomic mass is 10.3. The van der Waals surface area contributed by atoms with Crippen LogP contribution in [0.2, 0.25) is 0 Å². The van der Waals surface area contributed by atoms with E-state index in [1.807, 2.05) is 0 Å². The van der Waals surface area contributed by atoms with Crippen LogP contribution in [0.1, 0.15) is 6.42 Å². The van der Waals surface area contributed by atoms with Gasteiger partial charge in [0.2, 0.25) is 5.91 Å². The normalized spacial score (nSPS) is 21.1. The van der Waals surface area contributed by atoms with E-state index in [9.17, 15) is 15.0 Å². The summed E-state index contributed by atoms with van der Waals surface area (Å²) in [6.07, 6.45) is -0.507.